The third kappa shape index (κ3) is 2.81. The number of fused-ring (bicyclic) bond motifs is 3. The molecular formula is C21H18N6O2S. The average Bonchev–Trinajstić information content (AvgIpc) is 3.45. The number of carbonyl (C=O) groups is 1. The number of aromatic amines is 2. The Morgan fingerprint density at radius 1 is 1.17 bits per heavy atom. The quantitative estimate of drug-likeness (QED) is 0.470. The van der Waals surface area contributed by atoms with Crippen molar-refractivity contribution in [2.24, 2.45) is 10.9 Å². The van der Waals surface area contributed by atoms with Gasteiger partial charge in [0.15, 0.2) is 21.8 Å². The van der Waals surface area contributed by atoms with E-state index in [0.717, 1.165) is 38.3 Å². The molecule has 150 valence electrons. The number of aliphatic imine (C=N–C) groups is 1. The Morgan fingerprint density at radius 3 is 3.03 bits per heavy atom. The van der Waals surface area contributed by atoms with E-state index in [4.69, 9.17) is 4.42 Å². The third-order valence-electron chi connectivity index (χ3n) is 5.60. The molecule has 1 aromatic carbocycles. The Hall–Kier alpha value is -3.17. The molecule has 2 unspecified atom stereocenters. The minimum Gasteiger partial charge on any atom is -0.454 e. The van der Waals surface area contributed by atoms with Gasteiger partial charge in [0.25, 0.3) is 0 Å². The summed E-state index contributed by atoms with van der Waals surface area (Å²) in [6.07, 6.45) is 1.74. The van der Waals surface area contributed by atoms with Crippen molar-refractivity contribution < 1.29 is 9.21 Å². The van der Waals surface area contributed by atoms with Crippen LogP contribution in [0.2, 0.25) is 0 Å². The van der Waals surface area contributed by atoms with Crippen molar-refractivity contribution in [1.29, 1.82) is 0 Å². The van der Waals surface area contributed by atoms with Crippen LogP contribution in [0.4, 0.5) is 5.82 Å². The van der Waals surface area contributed by atoms with Gasteiger partial charge in [-0.3, -0.25) is 9.89 Å². The second-order valence-corrected chi connectivity index (χ2v) is 8.62. The van der Waals surface area contributed by atoms with Gasteiger partial charge < -0.3 is 14.7 Å². The van der Waals surface area contributed by atoms with Crippen molar-refractivity contribution in [3.05, 3.63) is 53.4 Å². The summed E-state index contributed by atoms with van der Waals surface area (Å²) in [6.45, 7) is 2.99. The number of Topliss-reactive ketones (excluding diaryl/α,β-unsaturated/α-hetero) is 1. The summed E-state index contributed by atoms with van der Waals surface area (Å²) in [5, 5.41) is 11.7. The summed E-state index contributed by atoms with van der Waals surface area (Å²) in [4.78, 5) is 25.3. The molecule has 0 radical (unpaired) electrons. The lowest BCUT2D eigenvalue weighted by atomic mass is 9.76. The number of nitrogens with zero attached hydrogens (tertiary/aromatic N) is 3. The predicted octanol–water partition coefficient (Wildman–Crippen LogP) is 3.35. The first-order valence-electron chi connectivity index (χ1n) is 9.74. The lowest BCUT2D eigenvalue weighted by molar-refractivity contribution is -0.121. The van der Waals surface area contributed by atoms with E-state index in [1.54, 1.807) is 6.20 Å². The fraction of sp³-hybridized carbons (Fsp3) is 0.238. The number of nitrogens with one attached hydrogen (secondary N) is 3. The zero-order valence-corrected chi connectivity index (χ0v) is 16.9. The van der Waals surface area contributed by atoms with Crippen LogP contribution in [0, 0.1) is 12.8 Å². The molecule has 4 aromatic rings. The van der Waals surface area contributed by atoms with Gasteiger partial charge in [-0.25, -0.2) is 9.98 Å². The molecule has 0 saturated carbocycles. The molecule has 2 aliphatic heterocycles. The van der Waals surface area contributed by atoms with Crippen molar-refractivity contribution in [3.63, 3.8) is 0 Å². The van der Waals surface area contributed by atoms with E-state index in [2.05, 4.69) is 43.5 Å². The van der Waals surface area contributed by atoms with Crippen molar-refractivity contribution in [2.45, 2.75) is 23.1 Å². The second-order valence-electron chi connectivity index (χ2n) is 7.62. The van der Waals surface area contributed by atoms with Crippen molar-refractivity contribution in [3.8, 4) is 0 Å². The highest BCUT2D eigenvalue weighted by molar-refractivity contribution is 7.99. The van der Waals surface area contributed by atoms with Crippen LogP contribution in [0.5, 0.6) is 0 Å². The number of rotatable bonds is 3. The normalized spacial score (nSPS) is 20.8. The van der Waals surface area contributed by atoms with E-state index >= 15 is 0 Å². The molecule has 8 nitrogen and oxygen atoms in total. The maximum atomic E-state index is 12.7. The van der Waals surface area contributed by atoms with Crippen molar-refractivity contribution in [2.75, 3.05) is 13.1 Å². The smallest absolute Gasteiger partial charge is 0.174 e. The number of hydrogen-bond donors (Lipinski definition) is 3. The van der Waals surface area contributed by atoms with E-state index < -0.39 is 0 Å². The third-order valence-corrected chi connectivity index (χ3v) is 6.41. The molecule has 0 amide bonds. The summed E-state index contributed by atoms with van der Waals surface area (Å²) in [6, 6.07) is 9.99. The Labute approximate surface area is 175 Å². The van der Waals surface area contributed by atoms with Gasteiger partial charge in [-0.1, -0.05) is 6.07 Å². The van der Waals surface area contributed by atoms with Crippen LogP contribution < -0.4 is 5.32 Å². The van der Waals surface area contributed by atoms with Gasteiger partial charge >= 0.3 is 0 Å². The van der Waals surface area contributed by atoms with Gasteiger partial charge in [0, 0.05) is 17.8 Å². The lowest BCUT2D eigenvalue weighted by Crippen LogP contribution is -2.48. The molecule has 5 heterocycles. The second kappa shape index (κ2) is 6.68. The fourth-order valence-corrected chi connectivity index (χ4v) is 5.02. The highest BCUT2D eigenvalue weighted by Gasteiger charge is 2.43. The van der Waals surface area contributed by atoms with Gasteiger partial charge in [-0.05, 0) is 48.5 Å². The minimum atomic E-state index is -0.325. The number of furan rings is 1. The molecule has 0 bridgehead atoms. The zero-order valence-electron chi connectivity index (χ0n) is 16.1. The zero-order chi connectivity index (χ0) is 20.2. The van der Waals surface area contributed by atoms with Crippen LogP contribution in [0.25, 0.3) is 11.0 Å². The van der Waals surface area contributed by atoms with E-state index in [1.807, 2.05) is 24.3 Å². The predicted molar refractivity (Wildman–Crippen MR) is 113 cm³/mol. The van der Waals surface area contributed by atoms with E-state index in [-0.39, 0.29) is 17.6 Å². The highest BCUT2D eigenvalue weighted by Crippen LogP contribution is 2.44. The fourth-order valence-electron chi connectivity index (χ4n) is 4.25. The minimum absolute atomic E-state index is 0.120. The Kier molecular flexibility index (Phi) is 3.93. The number of ketones is 1. The Morgan fingerprint density at radius 2 is 2.10 bits per heavy atom. The van der Waals surface area contributed by atoms with Gasteiger partial charge in [-0.15, -0.1) is 0 Å². The molecular weight excluding hydrogens is 400 g/mol. The Bertz CT molecular complexity index is 1320. The van der Waals surface area contributed by atoms with Crippen molar-refractivity contribution in [1.82, 2.24) is 25.5 Å². The van der Waals surface area contributed by atoms with Crippen LogP contribution in [0.3, 0.4) is 0 Å². The van der Waals surface area contributed by atoms with Crippen molar-refractivity contribution >= 4 is 40.1 Å². The maximum Gasteiger partial charge on any atom is 0.174 e. The summed E-state index contributed by atoms with van der Waals surface area (Å²) in [7, 11) is 0. The SMILES string of the molecule is Cc1ccc2nc(Sc3ccc(C4c5cn[nH]c5N=C5CNCC(=O)C54)o3)[nH]c2c1. The van der Waals surface area contributed by atoms with Crippen LogP contribution in [0.1, 0.15) is 22.8 Å². The van der Waals surface area contributed by atoms with Gasteiger partial charge in [0.1, 0.15) is 5.76 Å². The standard InChI is InChI=1S/C21H18N6O2S/c1-10-2-3-12-13(6-10)26-21(25-12)30-17-5-4-16(29-17)18-11-7-23-27-20(11)24-14-8-22-9-15(28)19(14)18/h2-7,18-19,22H,8-9H2,1H3,(H,23,27)(H,25,26). The number of H-pyrrole nitrogens is 2. The molecule has 2 aliphatic rings. The van der Waals surface area contributed by atoms with E-state index in [1.165, 1.54) is 17.3 Å². The average molecular weight is 418 g/mol. The van der Waals surface area contributed by atoms with Gasteiger partial charge in [-0.2, -0.15) is 5.10 Å². The first-order chi connectivity index (χ1) is 14.7. The molecule has 3 N–H and O–H groups in total. The molecule has 0 aliphatic carbocycles. The molecule has 1 saturated heterocycles. The van der Waals surface area contributed by atoms with Crippen LogP contribution in [-0.4, -0.2) is 44.7 Å². The summed E-state index contributed by atoms with van der Waals surface area (Å²) in [5.41, 5.74) is 4.82. The first kappa shape index (κ1) is 17.7. The molecule has 2 atom stereocenters. The van der Waals surface area contributed by atoms with Crippen LogP contribution >= 0.6 is 11.8 Å². The highest BCUT2D eigenvalue weighted by atomic mass is 32.2. The lowest BCUT2D eigenvalue weighted by Gasteiger charge is -2.32. The van der Waals surface area contributed by atoms with Crippen LogP contribution in [0.15, 0.2) is 56.2 Å². The number of piperidine rings is 1. The molecule has 0 spiro atoms. The summed E-state index contributed by atoms with van der Waals surface area (Å²) < 4.78 is 6.20. The monoisotopic (exact) mass is 418 g/mol. The van der Waals surface area contributed by atoms with E-state index in [9.17, 15) is 4.79 Å². The molecule has 30 heavy (non-hydrogen) atoms. The largest absolute Gasteiger partial charge is 0.454 e. The number of benzene rings is 1. The molecule has 1 fully saturated rings. The summed E-state index contributed by atoms with van der Waals surface area (Å²) in [5.74, 6) is 0.999. The van der Waals surface area contributed by atoms with E-state index in [0.29, 0.717) is 18.9 Å². The number of aryl methyl sites for hydroxylation is 1. The summed E-state index contributed by atoms with van der Waals surface area (Å²) >= 11 is 1.43. The maximum absolute atomic E-state index is 12.7. The van der Waals surface area contributed by atoms with Gasteiger partial charge in [0.05, 0.1) is 35.6 Å². The molecule has 9 heteroatoms. The number of imidazole rings is 1. The number of hydrogen-bond acceptors (Lipinski definition) is 7. The Balaban J connectivity index is 1.34. The number of aromatic nitrogens is 4. The van der Waals surface area contributed by atoms with Gasteiger partial charge in [0.2, 0.25) is 0 Å². The van der Waals surface area contributed by atoms with Crippen LogP contribution in [-0.2, 0) is 4.79 Å². The first-order valence-corrected chi connectivity index (χ1v) is 10.6. The molecule has 6 rings (SSSR count). The topological polar surface area (TPSA) is 112 Å². The number of carbonyl (C=O) groups excluding carboxylic acids is 1. The molecule has 3 aromatic heterocycles.